The molecule has 0 spiro atoms. The fourth-order valence-electron chi connectivity index (χ4n) is 2.61. The van der Waals surface area contributed by atoms with Crippen LogP contribution >= 0.6 is 11.3 Å². The topological polar surface area (TPSA) is 55.6 Å². The Morgan fingerprint density at radius 1 is 1.63 bits per heavy atom. The summed E-state index contributed by atoms with van der Waals surface area (Å²) in [6, 6.07) is 2.21. The van der Waals surface area contributed by atoms with Crippen LogP contribution in [0.15, 0.2) is 16.8 Å². The van der Waals surface area contributed by atoms with E-state index in [2.05, 4.69) is 11.4 Å². The van der Waals surface area contributed by atoms with E-state index in [9.17, 15) is 4.79 Å². The zero-order valence-electron chi connectivity index (χ0n) is 11.4. The molecule has 1 aliphatic rings. The first kappa shape index (κ1) is 14.5. The van der Waals surface area contributed by atoms with E-state index < -0.39 is 0 Å². The number of hydrogen-bond acceptors (Lipinski definition) is 4. The highest BCUT2D eigenvalue weighted by atomic mass is 32.1. The van der Waals surface area contributed by atoms with Crippen LogP contribution in [0.4, 0.5) is 0 Å². The second kappa shape index (κ2) is 7.03. The summed E-state index contributed by atoms with van der Waals surface area (Å²) in [7, 11) is 1.73. The summed E-state index contributed by atoms with van der Waals surface area (Å²) in [4.78, 5) is 14.2. The highest BCUT2D eigenvalue weighted by Gasteiger charge is 2.30. The lowest BCUT2D eigenvalue weighted by molar-refractivity contribution is -0.136. The first-order valence-corrected chi connectivity index (χ1v) is 7.72. The second-order valence-electron chi connectivity index (χ2n) is 4.99. The quantitative estimate of drug-likeness (QED) is 0.893. The third kappa shape index (κ3) is 3.78. The van der Waals surface area contributed by atoms with Gasteiger partial charge in [-0.3, -0.25) is 4.79 Å². The van der Waals surface area contributed by atoms with Gasteiger partial charge in [-0.15, -0.1) is 0 Å². The van der Waals surface area contributed by atoms with Gasteiger partial charge in [0.1, 0.15) is 0 Å². The summed E-state index contributed by atoms with van der Waals surface area (Å²) in [6.07, 6.45) is 3.41. The van der Waals surface area contributed by atoms with Crippen molar-refractivity contribution in [2.45, 2.75) is 37.8 Å². The van der Waals surface area contributed by atoms with Gasteiger partial charge in [0.2, 0.25) is 5.91 Å². The molecule has 1 aliphatic heterocycles. The number of ether oxygens (including phenoxy) is 1. The molecule has 1 aromatic rings. The molecular weight excluding hydrogens is 260 g/mol. The number of hydrogen-bond donors (Lipinski definition) is 1. The molecule has 2 heterocycles. The zero-order valence-corrected chi connectivity index (χ0v) is 12.2. The van der Waals surface area contributed by atoms with Crippen molar-refractivity contribution >= 4 is 17.2 Å². The van der Waals surface area contributed by atoms with Crippen LogP contribution < -0.4 is 5.73 Å². The Kier molecular flexibility index (Phi) is 5.36. The molecule has 2 rings (SSSR count). The molecule has 1 saturated heterocycles. The Hall–Kier alpha value is -0.910. The smallest absolute Gasteiger partial charge is 0.223 e. The van der Waals surface area contributed by atoms with Gasteiger partial charge in [-0.2, -0.15) is 11.3 Å². The molecule has 0 radical (unpaired) electrons. The Morgan fingerprint density at radius 2 is 2.47 bits per heavy atom. The zero-order chi connectivity index (χ0) is 13.7. The number of methoxy groups -OCH3 is 1. The number of rotatable bonds is 5. The monoisotopic (exact) mass is 282 g/mol. The maximum Gasteiger partial charge on any atom is 0.223 e. The van der Waals surface area contributed by atoms with Crippen LogP contribution in [0.3, 0.4) is 0 Å². The van der Waals surface area contributed by atoms with Crippen LogP contribution in [0.1, 0.15) is 24.8 Å². The van der Waals surface area contributed by atoms with Crippen molar-refractivity contribution in [1.29, 1.82) is 0 Å². The van der Waals surface area contributed by atoms with E-state index in [1.54, 1.807) is 18.4 Å². The third-order valence-electron chi connectivity index (χ3n) is 3.80. The molecule has 1 fully saturated rings. The molecule has 1 amide bonds. The molecule has 2 N–H and O–H groups in total. The number of piperidine rings is 1. The maximum atomic E-state index is 12.3. The first-order valence-electron chi connectivity index (χ1n) is 6.78. The van der Waals surface area contributed by atoms with Crippen molar-refractivity contribution in [2.75, 3.05) is 20.2 Å². The Morgan fingerprint density at radius 3 is 3.11 bits per heavy atom. The molecule has 1 aromatic heterocycles. The van der Waals surface area contributed by atoms with E-state index in [0.29, 0.717) is 13.0 Å². The Balaban J connectivity index is 1.87. The van der Waals surface area contributed by atoms with Crippen molar-refractivity contribution in [1.82, 2.24) is 4.90 Å². The molecular formula is C14H22N2O2S. The molecule has 106 valence electrons. The molecule has 5 heteroatoms. The van der Waals surface area contributed by atoms with Crippen LogP contribution in [0.25, 0.3) is 0 Å². The van der Waals surface area contributed by atoms with Crippen molar-refractivity contribution in [3.63, 3.8) is 0 Å². The average Bonchev–Trinajstić information content (AvgIpc) is 2.97. The molecule has 19 heavy (non-hydrogen) atoms. The highest BCUT2D eigenvalue weighted by molar-refractivity contribution is 7.07. The van der Waals surface area contributed by atoms with E-state index in [1.165, 1.54) is 5.56 Å². The summed E-state index contributed by atoms with van der Waals surface area (Å²) in [6.45, 7) is 1.28. The van der Waals surface area contributed by atoms with Crippen LogP contribution in [0.5, 0.6) is 0 Å². The number of carbonyl (C=O) groups is 1. The van der Waals surface area contributed by atoms with Gasteiger partial charge in [-0.25, -0.2) is 0 Å². The van der Waals surface area contributed by atoms with E-state index in [4.69, 9.17) is 10.5 Å². The van der Waals surface area contributed by atoms with E-state index in [-0.39, 0.29) is 18.1 Å². The predicted molar refractivity (Wildman–Crippen MR) is 77.2 cm³/mol. The molecule has 0 aliphatic carbocycles. The fraction of sp³-hybridized carbons (Fsp3) is 0.643. The third-order valence-corrected chi connectivity index (χ3v) is 4.53. The molecule has 0 unspecified atom stereocenters. The minimum Gasteiger partial charge on any atom is -0.381 e. The van der Waals surface area contributed by atoms with E-state index in [0.717, 1.165) is 25.8 Å². The second-order valence-corrected chi connectivity index (χ2v) is 5.77. The predicted octanol–water partition coefficient (Wildman–Crippen LogP) is 1.65. The minimum atomic E-state index is 0.133. The Labute approximate surface area is 118 Å². The molecule has 0 bridgehead atoms. The van der Waals surface area contributed by atoms with Gasteiger partial charge in [0, 0.05) is 32.7 Å². The van der Waals surface area contributed by atoms with Gasteiger partial charge in [0.15, 0.2) is 0 Å². The number of carbonyl (C=O) groups excluding carboxylic acids is 1. The highest BCUT2D eigenvalue weighted by Crippen LogP contribution is 2.20. The lowest BCUT2D eigenvalue weighted by Crippen LogP contribution is -2.51. The standard InChI is InChI=1S/C14H22N2O2S/c1-18-13-4-6-16(12(8-13)9-15)14(17)3-2-11-5-7-19-10-11/h5,7,10,12-13H,2-4,6,8-9,15H2,1H3/t12-,13+/m1/s1. The van der Waals surface area contributed by atoms with E-state index in [1.807, 2.05) is 10.3 Å². The van der Waals surface area contributed by atoms with Gasteiger partial charge >= 0.3 is 0 Å². The minimum absolute atomic E-state index is 0.133. The summed E-state index contributed by atoms with van der Waals surface area (Å²) >= 11 is 1.67. The maximum absolute atomic E-state index is 12.3. The number of nitrogens with zero attached hydrogens (tertiary/aromatic N) is 1. The number of amides is 1. The van der Waals surface area contributed by atoms with Gasteiger partial charge in [0.25, 0.3) is 0 Å². The first-order chi connectivity index (χ1) is 9.24. The number of aryl methyl sites for hydroxylation is 1. The van der Waals surface area contributed by atoms with Gasteiger partial charge in [-0.05, 0) is 41.7 Å². The lowest BCUT2D eigenvalue weighted by Gasteiger charge is -2.38. The number of likely N-dealkylation sites (tertiary alicyclic amines) is 1. The van der Waals surface area contributed by atoms with Crippen molar-refractivity contribution in [2.24, 2.45) is 5.73 Å². The van der Waals surface area contributed by atoms with Crippen LogP contribution in [-0.2, 0) is 16.0 Å². The molecule has 0 aromatic carbocycles. The van der Waals surface area contributed by atoms with Gasteiger partial charge in [-0.1, -0.05) is 0 Å². The van der Waals surface area contributed by atoms with Crippen molar-refractivity contribution < 1.29 is 9.53 Å². The lowest BCUT2D eigenvalue weighted by atomic mass is 9.98. The molecule has 4 nitrogen and oxygen atoms in total. The Bertz CT molecular complexity index is 394. The van der Waals surface area contributed by atoms with Crippen LogP contribution in [0.2, 0.25) is 0 Å². The van der Waals surface area contributed by atoms with Crippen LogP contribution in [-0.4, -0.2) is 43.2 Å². The largest absolute Gasteiger partial charge is 0.381 e. The molecule has 2 atom stereocenters. The van der Waals surface area contributed by atoms with Gasteiger partial charge in [0.05, 0.1) is 6.10 Å². The van der Waals surface area contributed by atoms with E-state index >= 15 is 0 Å². The summed E-state index contributed by atoms with van der Waals surface area (Å²) in [5, 5.41) is 4.15. The summed E-state index contributed by atoms with van der Waals surface area (Å²) < 4.78 is 5.38. The average molecular weight is 282 g/mol. The van der Waals surface area contributed by atoms with Crippen molar-refractivity contribution in [3.8, 4) is 0 Å². The van der Waals surface area contributed by atoms with Gasteiger partial charge < -0.3 is 15.4 Å². The summed E-state index contributed by atoms with van der Waals surface area (Å²) in [5.41, 5.74) is 7.04. The normalized spacial score (nSPS) is 23.6. The molecule has 0 saturated carbocycles. The summed E-state index contributed by atoms with van der Waals surface area (Å²) in [5.74, 6) is 0.219. The number of nitrogens with two attached hydrogens (primary N) is 1. The number of thiophene rings is 1. The fourth-order valence-corrected chi connectivity index (χ4v) is 3.31. The SMILES string of the molecule is CO[C@H]1CCN(C(=O)CCc2ccsc2)[C@@H](CN)C1. The van der Waals surface area contributed by atoms with Crippen LogP contribution in [0, 0.1) is 0 Å². The van der Waals surface area contributed by atoms with Crippen molar-refractivity contribution in [3.05, 3.63) is 22.4 Å².